The van der Waals surface area contributed by atoms with Gasteiger partial charge in [-0.1, -0.05) is 0 Å². The third kappa shape index (κ3) is 1.96. The van der Waals surface area contributed by atoms with Crippen LogP contribution in [0.25, 0.3) is 0 Å². The lowest BCUT2D eigenvalue weighted by Gasteiger charge is -2.02. The van der Waals surface area contributed by atoms with Crippen LogP contribution in [0.15, 0.2) is 21.9 Å². The standard InChI is InChI=1S/C6H8N2O4S2/c7-3-1-4(8)6(14(11)12)2-5(3)13(9)10/h1-2,13-14H,7-8H2. The van der Waals surface area contributed by atoms with Crippen LogP contribution >= 0.6 is 0 Å². The van der Waals surface area contributed by atoms with E-state index in [4.69, 9.17) is 11.5 Å². The van der Waals surface area contributed by atoms with Crippen molar-refractivity contribution in [3.8, 4) is 0 Å². The van der Waals surface area contributed by atoms with E-state index in [0.717, 1.165) is 12.1 Å². The minimum Gasteiger partial charge on any atom is -0.398 e. The van der Waals surface area contributed by atoms with E-state index in [2.05, 4.69) is 0 Å². The summed E-state index contributed by atoms with van der Waals surface area (Å²) in [5.74, 6) is 0. The molecule has 4 N–H and O–H groups in total. The third-order valence-electron chi connectivity index (χ3n) is 1.57. The second-order valence-corrected chi connectivity index (χ2v) is 4.48. The molecule has 0 bridgehead atoms. The molecule has 78 valence electrons. The Morgan fingerprint density at radius 3 is 1.43 bits per heavy atom. The van der Waals surface area contributed by atoms with Crippen molar-refractivity contribution in [2.24, 2.45) is 0 Å². The van der Waals surface area contributed by atoms with Crippen LogP contribution in [0.4, 0.5) is 11.4 Å². The molecule has 0 saturated carbocycles. The van der Waals surface area contributed by atoms with Gasteiger partial charge < -0.3 is 11.5 Å². The first-order valence-corrected chi connectivity index (χ1v) is 5.76. The zero-order valence-corrected chi connectivity index (χ0v) is 8.63. The monoisotopic (exact) mass is 236 g/mol. The molecule has 0 aliphatic carbocycles. The Labute approximate surface area is 83.4 Å². The Balaban J connectivity index is 3.58. The van der Waals surface area contributed by atoms with Gasteiger partial charge in [-0.25, -0.2) is 16.8 Å². The van der Waals surface area contributed by atoms with Gasteiger partial charge in [0.2, 0.25) is 0 Å². The highest BCUT2D eigenvalue weighted by molar-refractivity contribution is 7.73. The summed E-state index contributed by atoms with van der Waals surface area (Å²) in [4.78, 5) is -0.466. The molecule has 0 aromatic heterocycles. The summed E-state index contributed by atoms with van der Waals surface area (Å²) < 4.78 is 42.5. The number of benzene rings is 1. The topological polar surface area (TPSA) is 120 Å². The minimum absolute atomic E-state index is 0.0563. The number of rotatable bonds is 2. The Hall–Kier alpha value is -1.28. The number of nitrogens with two attached hydrogens (primary N) is 2. The number of anilines is 2. The van der Waals surface area contributed by atoms with Crippen LogP contribution in [0.1, 0.15) is 0 Å². The quantitative estimate of drug-likeness (QED) is 0.378. The van der Waals surface area contributed by atoms with Crippen LogP contribution in [0.2, 0.25) is 0 Å². The van der Waals surface area contributed by atoms with Crippen LogP contribution in [0.5, 0.6) is 0 Å². The van der Waals surface area contributed by atoms with E-state index in [1.54, 1.807) is 0 Å². The number of hydrogen-bond acceptors (Lipinski definition) is 6. The summed E-state index contributed by atoms with van der Waals surface area (Å²) in [5.41, 5.74) is 10.5. The average Bonchev–Trinajstić information content (AvgIpc) is 2.02. The molecule has 1 rings (SSSR count). The van der Waals surface area contributed by atoms with Crippen molar-refractivity contribution >= 4 is 32.8 Å². The molecular formula is C6H8N2O4S2. The van der Waals surface area contributed by atoms with Crippen molar-refractivity contribution in [3.05, 3.63) is 12.1 Å². The van der Waals surface area contributed by atoms with Crippen molar-refractivity contribution in [3.63, 3.8) is 0 Å². The largest absolute Gasteiger partial charge is 0.398 e. The van der Waals surface area contributed by atoms with E-state index in [1.165, 1.54) is 0 Å². The first kappa shape index (κ1) is 10.8. The lowest BCUT2D eigenvalue weighted by Crippen LogP contribution is -1.99. The summed E-state index contributed by atoms with van der Waals surface area (Å²) >= 11 is 0. The van der Waals surface area contributed by atoms with Gasteiger partial charge in [-0.2, -0.15) is 0 Å². The summed E-state index contributed by atoms with van der Waals surface area (Å²) in [5, 5.41) is 0. The predicted molar refractivity (Wildman–Crippen MR) is 52.4 cm³/mol. The fourth-order valence-electron chi connectivity index (χ4n) is 0.928. The Kier molecular flexibility index (Phi) is 2.96. The van der Waals surface area contributed by atoms with Gasteiger partial charge in [0.1, 0.15) is 0 Å². The van der Waals surface area contributed by atoms with Gasteiger partial charge in [-0.3, -0.25) is 0 Å². The van der Waals surface area contributed by atoms with Crippen LogP contribution in [-0.2, 0) is 21.4 Å². The first-order chi connectivity index (χ1) is 6.43. The summed E-state index contributed by atoms with van der Waals surface area (Å²) in [6, 6.07) is 2.06. The van der Waals surface area contributed by atoms with E-state index >= 15 is 0 Å². The van der Waals surface area contributed by atoms with Gasteiger partial charge in [-0.05, 0) is 12.1 Å². The number of thiol groups is 2. The maximum absolute atomic E-state index is 10.6. The molecule has 0 amide bonds. The molecule has 1 aromatic carbocycles. The lowest BCUT2D eigenvalue weighted by atomic mass is 10.3. The number of nitrogen functional groups attached to an aromatic ring is 2. The molecule has 0 saturated heterocycles. The minimum atomic E-state index is -2.92. The highest BCUT2D eigenvalue weighted by Crippen LogP contribution is 2.22. The molecule has 0 aliphatic heterocycles. The maximum Gasteiger partial charge on any atom is 0.170 e. The smallest absolute Gasteiger partial charge is 0.170 e. The van der Waals surface area contributed by atoms with E-state index in [-0.39, 0.29) is 21.2 Å². The van der Waals surface area contributed by atoms with Crippen molar-refractivity contribution in [2.75, 3.05) is 11.5 Å². The van der Waals surface area contributed by atoms with E-state index < -0.39 is 21.4 Å². The number of hydrogen-bond donors (Lipinski definition) is 4. The second-order valence-electron chi connectivity index (χ2n) is 2.48. The van der Waals surface area contributed by atoms with Crippen molar-refractivity contribution in [1.82, 2.24) is 0 Å². The van der Waals surface area contributed by atoms with E-state index in [0.29, 0.717) is 0 Å². The van der Waals surface area contributed by atoms with E-state index in [9.17, 15) is 16.8 Å². The van der Waals surface area contributed by atoms with Gasteiger partial charge in [0.05, 0.1) is 21.2 Å². The Bertz CT molecular complexity index is 460. The zero-order valence-electron chi connectivity index (χ0n) is 6.84. The summed E-state index contributed by atoms with van der Waals surface area (Å²) in [6.07, 6.45) is 0. The molecule has 0 atom stereocenters. The van der Waals surface area contributed by atoms with Crippen LogP contribution in [-0.4, -0.2) is 16.8 Å². The van der Waals surface area contributed by atoms with Gasteiger partial charge in [0, 0.05) is 0 Å². The first-order valence-electron chi connectivity index (χ1n) is 3.41. The molecule has 0 spiro atoms. The molecule has 0 fully saturated rings. The molecule has 6 nitrogen and oxygen atoms in total. The second kappa shape index (κ2) is 3.84. The van der Waals surface area contributed by atoms with Gasteiger partial charge >= 0.3 is 0 Å². The highest BCUT2D eigenvalue weighted by Gasteiger charge is 2.09. The van der Waals surface area contributed by atoms with Crippen LogP contribution < -0.4 is 11.5 Å². The Morgan fingerprint density at radius 1 is 0.786 bits per heavy atom. The molecule has 14 heavy (non-hydrogen) atoms. The van der Waals surface area contributed by atoms with E-state index in [1.807, 2.05) is 0 Å². The molecule has 0 radical (unpaired) electrons. The molecule has 8 heteroatoms. The lowest BCUT2D eigenvalue weighted by molar-refractivity contribution is 0.613. The summed E-state index contributed by atoms with van der Waals surface area (Å²) in [6.45, 7) is 0. The van der Waals surface area contributed by atoms with Crippen LogP contribution in [0.3, 0.4) is 0 Å². The normalized spacial score (nSPS) is 11.0. The fourth-order valence-corrected chi connectivity index (χ4v) is 2.05. The molecule has 0 unspecified atom stereocenters. The van der Waals surface area contributed by atoms with Crippen molar-refractivity contribution in [2.45, 2.75) is 9.79 Å². The predicted octanol–water partition coefficient (Wildman–Crippen LogP) is -1.21. The molecular weight excluding hydrogens is 228 g/mol. The fraction of sp³-hybridized carbons (Fsp3) is 0. The average molecular weight is 236 g/mol. The molecule has 1 aromatic rings. The van der Waals surface area contributed by atoms with Crippen LogP contribution in [0, 0.1) is 0 Å². The SMILES string of the molecule is Nc1cc(N)c([SH](=O)=O)cc1[SH](=O)=O. The maximum atomic E-state index is 10.6. The summed E-state index contributed by atoms with van der Waals surface area (Å²) in [7, 11) is -5.84. The van der Waals surface area contributed by atoms with Gasteiger partial charge in [0.15, 0.2) is 21.4 Å². The molecule has 0 heterocycles. The van der Waals surface area contributed by atoms with Gasteiger partial charge in [-0.15, -0.1) is 0 Å². The zero-order chi connectivity index (χ0) is 10.9. The highest BCUT2D eigenvalue weighted by atomic mass is 32.2. The Morgan fingerprint density at radius 2 is 1.14 bits per heavy atom. The van der Waals surface area contributed by atoms with Gasteiger partial charge in [0.25, 0.3) is 0 Å². The third-order valence-corrected chi connectivity index (χ3v) is 3.13. The van der Waals surface area contributed by atoms with Crippen molar-refractivity contribution < 1.29 is 16.8 Å². The molecule has 0 aliphatic rings. The van der Waals surface area contributed by atoms with Crippen molar-refractivity contribution in [1.29, 1.82) is 0 Å².